The van der Waals surface area contributed by atoms with E-state index in [0.717, 1.165) is 17.5 Å². The van der Waals surface area contributed by atoms with Crippen LogP contribution in [0.4, 0.5) is 0 Å². The summed E-state index contributed by atoms with van der Waals surface area (Å²) in [5.74, 6) is 0. The molecule has 0 saturated heterocycles. The molecule has 0 atom stereocenters. The first-order chi connectivity index (χ1) is 6.31. The summed E-state index contributed by atoms with van der Waals surface area (Å²) < 4.78 is 0.598. The first kappa shape index (κ1) is 8.65. The summed E-state index contributed by atoms with van der Waals surface area (Å²) in [5, 5.41) is 1.05. The molecule has 0 spiro atoms. The fourth-order valence-corrected chi connectivity index (χ4v) is 1.58. The van der Waals surface area contributed by atoms with Crippen molar-refractivity contribution >= 4 is 27.0 Å². The Morgan fingerprint density at radius 3 is 3.15 bits per heavy atom. The molecular weight excluding hydrogens is 232 g/mol. The third-order valence-corrected chi connectivity index (χ3v) is 2.28. The Hall–Kier alpha value is -0.940. The molecule has 0 saturated carbocycles. The lowest BCUT2D eigenvalue weighted by atomic mass is 10.2. The second-order valence-corrected chi connectivity index (χ2v) is 3.46. The molecular formula is C8H9BrN4. The molecule has 13 heavy (non-hydrogen) atoms. The maximum Gasteiger partial charge on any atom is 0.198 e. The standard InChI is InChI=1S/C8H9BrN4/c9-8-12-4-6-5(1-2-10)3-11-7(6)13-8/h3-4H,1-2,10H2,(H,11,12,13). The van der Waals surface area contributed by atoms with Gasteiger partial charge >= 0.3 is 0 Å². The highest BCUT2D eigenvalue weighted by Gasteiger charge is 2.04. The van der Waals surface area contributed by atoms with Crippen LogP contribution in [0.25, 0.3) is 11.0 Å². The summed E-state index contributed by atoms with van der Waals surface area (Å²) in [6, 6.07) is 0. The number of hydrogen-bond acceptors (Lipinski definition) is 3. The third-order valence-electron chi connectivity index (χ3n) is 1.90. The van der Waals surface area contributed by atoms with Gasteiger partial charge < -0.3 is 10.7 Å². The van der Waals surface area contributed by atoms with Crippen molar-refractivity contribution in [2.45, 2.75) is 6.42 Å². The van der Waals surface area contributed by atoms with E-state index in [1.165, 1.54) is 5.56 Å². The van der Waals surface area contributed by atoms with Crippen molar-refractivity contribution in [2.75, 3.05) is 6.54 Å². The van der Waals surface area contributed by atoms with Gasteiger partial charge in [0.1, 0.15) is 5.65 Å². The number of nitrogens with two attached hydrogens (primary N) is 1. The largest absolute Gasteiger partial charge is 0.346 e. The van der Waals surface area contributed by atoms with Crippen LogP contribution < -0.4 is 5.73 Å². The van der Waals surface area contributed by atoms with Gasteiger partial charge in [0.05, 0.1) is 0 Å². The summed E-state index contributed by atoms with van der Waals surface area (Å²) >= 11 is 3.21. The Morgan fingerprint density at radius 1 is 1.54 bits per heavy atom. The summed E-state index contributed by atoms with van der Waals surface area (Å²) in [6.07, 6.45) is 4.58. The monoisotopic (exact) mass is 240 g/mol. The van der Waals surface area contributed by atoms with E-state index in [4.69, 9.17) is 5.73 Å². The second kappa shape index (κ2) is 3.43. The van der Waals surface area contributed by atoms with Crippen molar-refractivity contribution in [2.24, 2.45) is 5.73 Å². The molecule has 0 bridgehead atoms. The first-order valence-corrected chi connectivity index (χ1v) is 4.79. The minimum atomic E-state index is 0.598. The first-order valence-electron chi connectivity index (χ1n) is 4.00. The van der Waals surface area contributed by atoms with Crippen molar-refractivity contribution in [1.82, 2.24) is 15.0 Å². The summed E-state index contributed by atoms with van der Waals surface area (Å²) in [6.45, 7) is 0.642. The normalized spacial score (nSPS) is 10.9. The van der Waals surface area contributed by atoms with Crippen LogP contribution in [-0.2, 0) is 6.42 Å². The minimum Gasteiger partial charge on any atom is -0.346 e. The Balaban J connectivity index is 2.55. The number of fused-ring (bicyclic) bond motifs is 1. The van der Waals surface area contributed by atoms with E-state index in [1.54, 1.807) is 6.20 Å². The predicted molar refractivity (Wildman–Crippen MR) is 54.3 cm³/mol. The highest BCUT2D eigenvalue weighted by Crippen LogP contribution is 2.16. The van der Waals surface area contributed by atoms with Gasteiger partial charge in [-0.3, -0.25) is 0 Å². The lowest BCUT2D eigenvalue weighted by Crippen LogP contribution is -2.01. The molecule has 3 N–H and O–H groups in total. The van der Waals surface area contributed by atoms with Crippen LogP contribution in [0.5, 0.6) is 0 Å². The molecule has 0 aliphatic heterocycles. The lowest BCUT2D eigenvalue weighted by molar-refractivity contribution is 0.976. The topological polar surface area (TPSA) is 67.6 Å². The van der Waals surface area contributed by atoms with Crippen molar-refractivity contribution in [3.63, 3.8) is 0 Å². The molecule has 2 aromatic rings. The van der Waals surface area contributed by atoms with E-state index >= 15 is 0 Å². The highest BCUT2D eigenvalue weighted by atomic mass is 79.9. The highest BCUT2D eigenvalue weighted by molar-refractivity contribution is 9.10. The number of nitrogens with one attached hydrogen (secondary N) is 1. The van der Waals surface area contributed by atoms with Crippen LogP contribution >= 0.6 is 15.9 Å². The zero-order valence-corrected chi connectivity index (χ0v) is 8.50. The third kappa shape index (κ3) is 1.57. The van der Waals surface area contributed by atoms with E-state index < -0.39 is 0 Å². The van der Waals surface area contributed by atoms with Crippen LogP contribution in [0.3, 0.4) is 0 Å². The summed E-state index contributed by atoms with van der Waals surface area (Å²) in [7, 11) is 0. The quantitative estimate of drug-likeness (QED) is 0.777. The van der Waals surface area contributed by atoms with E-state index in [2.05, 4.69) is 30.9 Å². The van der Waals surface area contributed by atoms with Crippen molar-refractivity contribution in [1.29, 1.82) is 0 Å². The van der Waals surface area contributed by atoms with Crippen LogP contribution in [0.15, 0.2) is 17.1 Å². The molecule has 2 aromatic heterocycles. The van der Waals surface area contributed by atoms with Crippen LogP contribution in [0.2, 0.25) is 0 Å². The van der Waals surface area contributed by atoms with E-state index in [1.807, 2.05) is 6.20 Å². The van der Waals surface area contributed by atoms with Gasteiger partial charge in [-0.05, 0) is 34.5 Å². The minimum absolute atomic E-state index is 0.598. The molecule has 0 radical (unpaired) electrons. The maximum absolute atomic E-state index is 5.48. The van der Waals surface area contributed by atoms with Gasteiger partial charge in [-0.25, -0.2) is 9.97 Å². The zero-order valence-electron chi connectivity index (χ0n) is 6.92. The fourth-order valence-electron chi connectivity index (χ4n) is 1.30. The number of halogens is 1. The fraction of sp³-hybridized carbons (Fsp3) is 0.250. The number of aromatic amines is 1. The summed E-state index contributed by atoms with van der Waals surface area (Å²) in [5.41, 5.74) is 7.50. The van der Waals surface area contributed by atoms with E-state index in [0.29, 0.717) is 11.3 Å². The second-order valence-electron chi connectivity index (χ2n) is 2.75. The Kier molecular flexibility index (Phi) is 2.28. The average molecular weight is 241 g/mol. The SMILES string of the molecule is NCCc1c[nH]c2nc(Br)ncc12. The van der Waals surface area contributed by atoms with Crippen LogP contribution in [0, 0.1) is 0 Å². The number of rotatable bonds is 2. The molecule has 0 unspecified atom stereocenters. The Morgan fingerprint density at radius 2 is 2.38 bits per heavy atom. The van der Waals surface area contributed by atoms with Crippen LogP contribution in [-0.4, -0.2) is 21.5 Å². The predicted octanol–water partition coefficient (Wildman–Crippen LogP) is 1.22. The molecule has 68 valence electrons. The average Bonchev–Trinajstić information content (AvgIpc) is 2.49. The van der Waals surface area contributed by atoms with Gasteiger partial charge in [0, 0.05) is 17.8 Å². The van der Waals surface area contributed by atoms with Gasteiger partial charge in [-0.1, -0.05) is 0 Å². The summed E-state index contributed by atoms with van der Waals surface area (Å²) in [4.78, 5) is 11.3. The van der Waals surface area contributed by atoms with Gasteiger partial charge in [-0.2, -0.15) is 0 Å². The van der Waals surface area contributed by atoms with E-state index in [-0.39, 0.29) is 0 Å². The molecule has 0 fully saturated rings. The molecule has 0 aliphatic rings. The zero-order chi connectivity index (χ0) is 9.26. The number of H-pyrrole nitrogens is 1. The van der Waals surface area contributed by atoms with Crippen molar-refractivity contribution in [3.05, 3.63) is 22.7 Å². The molecule has 0 aromatic carbocycles. The van der Waals surface area contributed by atoms with Crippen LogP contribution in [0.1, 0.15) is 5.56 Å². The lowest BCUT2D eigenvalue weighted by Gasteiger charge is -1.94. The number of nitrogens with zero attached hydrogens (tertiary/aromatic N) is 2. The van der Waals surface area contributed by atoms with Gasteiger partial charge in [0.25, 0.3) is 0 Å². The van der Waals surface area contributed by atoms with Gasteiger partial charge in [0.15, 0.2) is 4.73 Å². The van der Waals surface area contributed by atoms with Gasteiger partial charge in [0.2, 0.25) is 0 Å². The number of hydrogen-bond donors (Lipinski definition) is 2. The molecule has 2 rings (SSSR count). The number of aromatic nitrogens is 3. The molecule has 5 heteroatoms. The molecule has 0 aliphatic carbocycles. The van der Waals surface area contributed by atoms with Crippen molar-refractivity contribution in [3.8, 4) is 0 Å². The maximum atomic E-state index is 5.48. The molecule has 0 amide bonds. The molecule has 2 heterocycles. The Labute approximate surface area is 83.7 Å². The smallest absolute Gasteiger partial charge is 0.198 e. The van der Waals surface area contributed by atoms with Crippen molar-refractivity contribution < 1.29 is 0 Å². The Bertz CT molecular complexity index is 423. The van der Waals surface area contributed by atoms with E-state index in [9.17, 15) is 0 Å². The van der Waals surface area contributed by atoms with Gasteiger partial charge in [-0.15, -0.1) is 0 Å². The molecule has 4 nitrogen and oxygen atoms in total.